The van der Waals surface area contributed by atoms with Gasteiger partial charge >= 0.3 is 11.9 Å². The van der Waals surface area contributed by atoms with E-state index in [1.165, 1.54) is 70.6 Å². The number of nitrogens with zero attached hydrogens (tertiary/aromatic N) is 2. The van der Waals surface area contributed by atoms with Crippen LogP contribution in [0.4, 0.5) is 0 Å². The highest BCUT2D eigenvalue weighted by molar-refractivity contribution is 5.69. The number of allylic oxidation sites excluding steroid dienone is 4. The Hall–Kier alpha value is -3.03. The maximum Gasteiger partial charge on any atom is 0.305 e. The molecule has 0 atom stereocenters. The summed E-state index contributed by atoms with van der Waals surface area (Å²) in [6.07, 6.45) is 41.2. The molecular formula is C50H88N2O6. The highest BCUT2D eigenvalue weighted by atomic mass is 16.5. The Morgan fingerprint density at radius 2 is 0.966 bits per heavy atom. The number of aryl methyl sites for hydroxylation is 2. The van der Waals surface area contributed by atoms with Gasteiger partial charge in [-0.2, -0.15) is 0 Å². The third-order valence-electron chi connectivity index (χ3n) is 10.7. The van der Waals surface area contributed by atoms with Gasteiger partial charge in [-0.1, -0.05) is 149 Å². The fraction of sp³-hybridized carbons (Fsp3) is 0.780. The lowest BCUT2D eigenvalue weighted by Gasteiger charge is -2.11. The predicted octanol–water partition coefficient (Wildman–Crippen LogP) is 14.4. The van der Waals surface area contributed by atoms with Gasteiger partial charge in [0.2, 0.25) is 0 Å². The minimum atomic E-state index is -0.0328. The lowest BCUT2D eigenvalue weighted by molar-refractivity contribution is -0.144. The standard InChI is InChI=1S/C50H88N2O6/c1-6-8-10-12-14-20-26-34-49(53)57-41-30-24-18-16-22-28-39-55-45(3)43-48(33-32-37-52-38-36-51-47(52)5)44-46(4)56-40-29-23-17-19-25-31-42-58-50(54)35-27-21-15-13-11-9-7-2/h36,38,43-44H,3,6-35,37,39-42H2,1-2,4-5H3/b46-44+,48-43-. The number of rotatable bonds is 42. The molecule has 1 aromatic heterocycles. The summed E-state index contributed by atoms with van der Waals surface area (Å²) in [5.74, 6) is 2.58. The summed E-state index contributed by atoms with van der Waals surface area (Å²) in [7, 11) is 0. The number of esters is 2. The number of unbranched alkanes of at least 4 members (excludes halogenated alkanes) is 22. The van der Waals surface area contributed by atoms with Gasteiger partial charge in [0.15, 0.2) is 0 Å². The number of ether oxygens (including phenoxy) is 4. The zero-order chi connectivity index (χ0) is 42.2. The van der Waals surface area contributed by atoms with Crippen LogP contribution in [-0.2, 0) is 35.1 Å². The maximum atomic E-state index is 12.0. The highest BCUT2D eigenvalue weighted by Gasteiger charge is 2.06. The molecule has 0 aromatic carbocycles. The normalized spacial score (nSPS) is 11.9. The van der Waals surface area contributed by atoms with Crippen molar-refractivity contribution in [2.24, 2.45) is 0 Å². The van der Waals surface area contributed by atoms with Crippen LogP contribution in [0.5, 0.6) is 0 Å². The van der Waals surface area contributed by atoms with E-state index in [2.05, 4.69) is 42.1 Å². The Kier molecular flexibility index (Phi) is 36.0. The molecule has 0 amide bonds. The van der Waals surface area contributed by atoms with E-state index in [-0.39, 0.29) is 11.9 Å². The minimum Gasteiger partial charge on any atom is -0.498 e. The first kappa shape index (κ1) is 53.0. The predicted molar refractivity (Wildman–Crippen MR) is 242 cm³/mol. The third-order valence-corrected chi connectivity index (χ3v) is 10.7. The molecule has 0 saturated carbocycles. The number of hydrogen-bond donors (Lipinski definition) is 0. The molecule has 0 aliphatic rings. The lowest BCUT2D eigenvalue weighted by atomic mass is 10.1. The molecule has 58 heavy (non-hydrogen) atoms. The van der Waals surface area contributed by atoms with Crippen molar-refractivity contribution < 1.29 is 28.5 Å². The molecule has 334 valence electrons. The van der Waals surface area contributed by atoms with E-state index >= 15 is 0 Å². The molecule has 1 rings (SSSR count). The van der Waals surface area contributed by atoms with Crippen LogP contribution in [0.3, 0.4) is 0 Å². The summed E-state index contributed by atoms with van der Waals surface area (Å²) in [6.45, 7) is 16.1. The van der Waals surface area contributed by atoms with Crippen LogP contribution in [0.1, 0.15) is 219 Å². The zero-order valence-corrected chi connectivity index (χ0v) is 38.1. The Morgan fingerprint density at radius 3 is 1.41 bits per heavy atom. The van der Waals surface area contributed by atoms with Crippen LogP contribution in [0, 0.1) is 6.92 Å². The second-order valence-electron chi connectivity index (χ2n) is 16.3. The average molecular weight is 813 g/mol. The van der Waals surface area contributed by atoms with Crippen LogP contribution < -0.4 is 0 Å². The van der Waals surface area contributed by atoms with Crippen molar-refractivity contribution in [2.45, 2.75) is 227 Å². The van der Waals surface area contributed by atoms with E-state index in [4.69, 9.17) is 18.9 Å². The molecule has 0 saturated heterocycles. The van der Waals surface area contributed by atoms with Gasteiger partial charge in [0.25, 0.3) is 0 Å². The van der Waals surface area contributed by atoms with Crippen molar-refractivity contribution in [3.05, 3.63) is 54.0 Å². The molecule has 0 N–H and O–H groups in total. The first-order chi connectivity index (χ1) is 28.3. The van der Waals surface area contributed by atoms with Gasteiger partial charge in [-0.25, -0.2) is 4.98 Å². The highest BCUT2D eigenvalue weighted by Crippen LogP contribution is 2.17. The molecule has 0 aliphatic heterocycles. The van der Waals surface area contributed by atoms with Gasteiger partial charge in [0, 0.05) is 31.8 Å². The van der Waals surface area contributed by atoms with E-state index in [0.717, 1.165) is 133 Å². The third kappa shape index (κ3) is 33.9. The summed E-state index contributed by atoms with van der Waals surface area (Å²) >= 11 is 0. The Balaban J connectivity index is 2.22. The first-order valence-electron chi connectivity index (χ1n) is 24.0. The Labute approximate surface area is 356 Å². The van der Waals surface area contributed by atoms with E-state index < -0.39 is 0 Å². The Bertz CT molecular complexity index is 1200. The molecule has 1 aromatic rings. The Morgan fingerprint density at radius 1 is 0.552 bits per heavy atom. The van der Waals surface area contributed by atoms with Crippen molar-refractivity contribution in [3.8, 4) is 0 Å². The van der Waals surface area contributed by atoms with Crippen LogP contribution in [-0.4, -0.2) is 47.9 Å². The topological polar surface area (TPSA) is 88.9 Å². The molecule has 1 heterocycles. The van der Waals surface area contributed by atoms with Crippen LogP contribution in [0.15, 0.2) is 48.2 Å². The SMILES string of the molecule is C=C(/C=C(\C=C(/C)OCCCCCCCCOC(=O)CCCCCCCCC)CCCn1ccnc1C)OCCCCCCCCOC(=O)CCCCCCCCC. The zero-order valence-electron chi connectivity index (χ0n) is 38.1. The fourth-order valence-electron chi connectivity index (χ4n) is 7.06. The molecule has 8 nitrogen and oxygen atoms in total. The van der Waals surface area contributed by atoms with Gasteiger partial charge < -0.3 is 23.5 Å². The molecular weight excluding hydrogens is 725 g/mol. The monoisotopic (exact) mass is 813 g/mol. The maximum absolute atomic E-state index is 12.0. The van der Waals surface area contributed by atoms with Crippen LogP contribution in [0.2, 0.25) is 0 Å². The van der Waals surface area contributed by atoms with E-state index in [1.807, 2.05) is 26.2 Å². The van der Waals surface area contributed by atoms with Crippen molar-refractivity contribution in [1.82, 2.24) is 9.55 Å². The van der Waals surface area contributed by atoms with Crippen LogP contribution in [0.25, 0.3) is 0 Å². The fourth-order valence-corrected chi connectivity index (χ4v) is 7.06. The smallest absolute Gasteiger partial charge is 0.305 e. The van der Waals surface area contributed by atoms with E-state index in [1.54, 1.807) is 0 Å². The number of carbonyl (C=O) groups is 2. The van der Waals surface area contributed by atoms with Gasteiger partial charge in [-0.05, 0) is 82.9 Å². The quantitative estimate of drug-likeness (QED) is 0.0281. The summed E-state index contributed by atoms with van der Waals surface area (Å²) in [5, 5.41) is 0. The molecule has 8 heteroatoms. The lowest BCUT2D eigenvalue weighted by Crippen LogP contribution is -2.05. The molecule has 0 radical (unpaired) electrons. The van der Waals surface area contributed by atoms with Gasteiger partial charge in [-0.3, -0.25) is 9.59 Å². The summed E-state index contributed by atoms with van der Waals surface area (Å²) in [4.78, 5) is 28.3. The van der Waals surface area contributed by atoms with Crippen LogP contribution >= 0.6 is 0 Å². The molecule has 0 fully saturated rings. The molecule has 0 aliphatic carbocycles. The molecule has 0 bridgehead atoms. The number of hydrogen-bond acceptors (Lipinski definition) is 7. The van der Waals surface area contributed by atoms with Crippen molar-refractivity contribution >= 4 is 11.9 Å². The summed E-state index contributed by atoms with van der Waals surface area (Å²) in [5.41, 5.74) is 1.16. The summed E-state index contributed by atoms with van der Waals surface area (Å²) < 4.78 is 25.2. The number of carbonyl (C=O) groups excluding carboxylic acids is 2. The molecule has 0 unspecified atom stereocenters. The van der Waals surface area contributed by atoms with Crippen molar-refractivity contribution in [2.75, 3.05) is 26.4 Å². The second kappa shape index (κ2) is 39.4. The number of imidazole rings is 1. The summed E-state index contributed by atoms with van der Waals surface area (Å²) in [6, 6.07) is 0. The minimum absolute atomic E-state index is 0.0303. The van der Waals surface area contributed by atoms with Gasteiger partial charge in [-0.15, -0.1) is 0 Å². The van der Waals surface area contributed by atoms with Crippen molar-refractivity contribution in [1.29, 1.82) is 0 Å². The van der Waals surface area contributed by atoms with Crippen molar-refractivity contribution in [3.63, 3.8) is 0 Å². The van der Waals surface area contributed by atoms with E-state index in [9.17, 15) is 9.59 Å². The second-order valence-corrected chi connectivity index (χ2v) is 16.3. The molecule has 0 spiro atoms. The first-order valence-corrected chi connectivity index (χ1v) is 24.0. The average Bonchev–Trinajstić information content (AvgIpc) is 3.62. The largest absolute Gasteiger partial charge is 0.498 e. The number of aromatic nitrogens is 2. The van der Waals surface area contributed by atoms with Gasteiger partial charge in [0.1, 0.15) is 11.6 Å². The van der Waals surface area contributed by atoms with E-state index in [0.29, 0.717) is 45.0 Å². The van der Waals surface area contributed by atoms with Gasteiger partial charge in [0.05, 0.1) is 32.2 Å².